The number of allylic oxidation sites excluding steroid dienone is 1. The fourth-order valence-electron chi connectivity index (χ4n) is 7.20. The predicted octanol–water partition coefficient (Wildman–Crippen LogP) is 10.8. The molecule has 0 saturated carbocycles. The van der Waals surface area contributed by atoms with Gasteiger partial charge in [0.05, 0.1) is 4.92 Å². The average molecular weight is 784 g/mol. The third kappa shape index (κ3) is 10.4. The quantitative estimate of drug-likeness (QED) is 0.0600. The zero-order valence-electron chi connectivity index (χ0n) is 31.8. The van der Waals surface area contributed by atoms with Gasteiger partial charge in [0.2, 0.25) is 0 Å². The largest absolute Gasteiger partial charge is 0.374 e. The zero-order chi connectivity index (χ0) is 38.5. The second kappa shape index (κ2) is 17.2. The van der Waals surface area contributed by atoms with Crippen molar-refractivity contribution in [3.8, 4) is 0 Å². The molecule has 11 heteroatoms. The summed E-state index contributed by atoms with van der Waals surface area (Å²) in [5.74, 6) is 0.471. The molecular weight excluding hydrogens is 734 g/mol. The minimum absolute atomic E-state index is 0.0270. The van der Waals surface area contributed by atoms with E-state index in [4.69, 9.17) is 11.6 Å². The van der Waals surface area contributed by atoms with E-state index in [1.807, 2.05) is 75.4 Å². The van der Waals surface area contributed by atoms with Crippen LogP contribution in [0.2, 0.25) is 5.02 Å². The number of rotatable bonds is 13. The lowest BCUT2D eigenvalue weighted by Crippen LogP contribution is -2.47. The molecule has 284 valence electrons. The third-order valence-corrected chi connectivity index (χ3v) is 12.9. The summed E-state index contributed by atoms with van der Waals surface area (Å²) in [6.45, 7) is 15.5. The van der Waals surface area contributed by atoms with E-state index in [2.05, 4.69) is 58.0 Å². The highest BCUT2D eigenvalue weighted by atomic mass is 35.5. The van der Waals surface area contributed by atoms with E-state index in [9.17, 15) is 14.9 Å². The summed E-state index contributed by atoms with van der Waals surface area (Å²) in [7, 11) is 0. The number of anilines is 2. The molecular formula is C43H50ClN5O3S2. The fraction of sp³-hybridized carbons (Fsp3) is 0.372. The Morgan fingerprint density at radius 3 is 2.31 bits per heavy atom. The fourth-order valence-corrected chi connectivity index (χ4v) is 8.99. The van der Waals surface area contributed by atoms with Crippen molar-refractivity contribution in [3.05, 3.63) is 128 Å². The van der Waals surface area contributed by atoms with Crippen molar-refractivity contribution in [2.75, 3.05) is 48.7 Å². The van der Waals surface area contributed by atoms with E-state index in [0.29, 0.717) is 21.6 Å². The minimum atomic E-state index is -0.410. The molecule has 1 saturated heterocycles. The van der Waals surface area contributed by atoms with Gasteiger partial charge in [0.1, 0.15) is 5.69 Å². The molecule has 54 heavy (non-hydrogen) atoms. The lowest BCUT2D eigenvalue weighted by Gasteiger charge is -2.39. The molecule has 6 rings (SSSR count). The van der Waals surface area contributed by atoms with Gasteiger partial charge < -0.3 is 10.2 Å². The molecule has 4 aromatic carbocycles. The monoisotopic (exact) mass is 783 g/mol. The zero-order valence-corrected chi connectivity index (χ0v) is 34.2. The van der Waals surface area contributed by atoms with Crippen LogP contribution in [-0.4, -0.2) is 59.7 Å². The predicted molar refractivity (Wildman–Crippen MR) is 227 cm³/mol. The van der Waals surface area contributed by atoms with Crippen molar-refractivity contribution in [2.45, 2.75) is 69.2 Å². The Hall–Kier alpha value is -3.96. The highest BCUT2D eigenvalue weighted by molar-refractivity contribution is 7.99. The molecule has 2 N–H and O–H groups in total. The molecule has 0 atom stereocenters. The maximum absolute atomic E-state index is 13.2. The van der Waals surface area contributed by atoms with Crippen molar-refractivity contribution >= 4 is 63.9 Å². The molecule has 1 aliphatic heterocycles. The van der Waals surface area contributed by atoms with E-state index in [0.717, 1.165) is 84.4 Å². The molecule has 1 fully saturated rings. The van der Waals surface area contributed by atoms with Gasteiger partial charge in [-0.05, 0) is 129 Å². The normalized spacial score (nSPS) is 16.3. The van der Waals surface area contributed by atoms with Gasteiger partial charge in [0.15, 0.2) is 0 Å². The summed E-state index contributed by atoms with van der Waals surface area (Å²) >= 11 is 9.00. The highest BCUT2D eigenvalue weighted by Gasteiger charge is 2.30. The number of halogens is 1. The van der Waals surface area contributed by atoms with Gasteiger partial charge in [-0.1, -0.05) is 61.4 Å². The van der Waals surface area contributed by atoms with Crippen LogP contribution in [0.1, 0.15) is 68.4 Å². The van der Waals surface area contributed by atoms with Crippen LogP contribution in [0.3, 0.4) is 0 Å². The third-order valence-electron chi connectivity index (χ3n) is 10.2. The smallest absolute Gasteiger partial charge is 0.293 e. The van der Waals surface area contributed by atoms with Gasteiger partial charge in [0.25, 0.3) is 11.6 Å². The molecule has 0 radical (unpaired) electrons. The Morgan fingerprint density at radius 1 is 0.963 bits per heavy atom. The summed E-state index contributed by atoms with van der Waals surface area (Å²) in [4.78, 5) is 31.7. The van der Waals surface area contributed by atoms with Gasteiger partial charge in [0, 0.05) is 76.1 Å². The first-order valence-corrected chi connectivity index (χ1v) is 20.7. The molecule has 8 nitrogen and oxygen atoms in total. The summed E-state index contributed by atoms with van der Waals surface area (Å²) in [6, 6.07) is 29.5. The Labute approximate surface area is 333 Å². The first kappa shape index (κ1) is 39.7. The first-order chi connectivity index (χ1) is 25.7. The SMILES string of the molecule is Cc1cc(NC(C)(C)CSc2ccccc2)c([N+](=O)[O-])cc1SNC(=O)c1ccc(N2CCN(CC3=C(c4ccc(Cl)cc4)CCC(C)(C)C3)CC2)cc1. The Kier molecular flexibility index (Phi) is 12.7. The molecule has 2 aliphatic rings. The van der Waals surface area contributed by atoms with Gasteiger partial charge in [-0.15, -0.1) is 11.8 Å². The molecule has 1 heterocycles. The van der Waals surface area contributed by atoms with Crippen molar-refractivity contribution < 1.29 is 9.72 Å². The van der Waals surface area contributed by atoms with Crippen LogP contribution in [0.4, 0.5) is 17.1 Å². The lowest BCUT2D eigenvalue weighted by molar-refractivity contribution is -0.384. The molecule has 1 amide bonds. The van der Waals surface area contributed by atoms with Crippen molar-refractivity contribution in [3.63, 3.8) is 0 Å². The van der Waals surface area contributed by atoms with Crippen molar-refractivity contribution in [2.24, 2.45) is 5.41 Å². The molecule has 0 aromatic heterocycles. The maximum Gasteiger partial charge on any atom is 0.293 e. The summed E-state index contributed by atoms with van der Waals surface area (Å²) in [6.07, 6.45) is 3.40. The summed E-state index contributed by atoms with van der Waals surface area (Å²) < 4.78 is 2.90. The first-order valence-electron chi connectivity index (χ1n) is 18.5. The molecule has 4 aromatic rings. The number of carbonyl (C=O) groups excluding carboxylic acids is 1. The van der Waals surface area contributed by atoms with E-state index >= 15 is 0 Å². The van der Waals surface area contributed by atoms with E-state index in [-0.39, 0.29) is 16.5 Å². The number of thioether (sulfide) groups is 1. The lowest BCUT2D eigenvalue weighted by atomic mass is 9.73. The second-order valence-electron chi connectivity index (χ2n) is 15.8. The number of nitrogens with zero attached hydrogens (tertiary/aromatic N) is 3. The Balaban J connectivity index is 1.03. The number of carbonyl (C=O) groups is 1. The second-order valence-corrected chi connectivity index (χ2v) is 18.1. The van der Waals surface area contributed by atoms with Crippen LogP contribution in [0.5, 0.6) is 0 Å². The topological polar surface area (TPSA) is 90.8 Å². The number of nitro groups is 1. The summed E-state index contributed by atoms with van der Waals surface area (Å²) in [5.41, 5.74) is 7.11. The number of nitro benzene ring substituents is 1. The number of benzene rings is 4. The van der Waals surface area contributed by atoms with E-state index < -0.39 is 5.54 Å². The number of amides is 1. The Morgan fingerprint density at radius 2 is 1.65 bits per heavy atom. The van der Waals surface area contributed by atoms with Crippen LogP contribution >= 0.6 is 35.3 Å². The van der Waals surface area contributed by atoms with Gasteiger partial charge in [-0.25, -0.2) is 0 Å². The van der Waals surface area contributed by atoms with Gasteiger partial charge in [-0.3, -0.25) is 24.5 Å². The number of hydrogen-bond donors (Lipinski definition) is 2. The number of aryl methyl sites for hydroxylation is 1. The molecule has 0 spiro atoms. The molecule has 1 aliphatic carbocycles. The maximum atomic E-state index is 13.2. The van der Waals surface area contributed by atoms with Crippen molar-refractivity contribution in [1.82, 2.24) is 9.62 Å². The average Bonchev–Trinajstić information content (AvgIpc) is 3.14. The number of hydrogen-bond acceptors (Lipinski definition) is 8. The standard InChI is InChI=1S/C43H50ClN5O3S2/c1-30-25-38(45-43(4,5)29-53-36-9-7-6-8-10-36)39(49(51)52)26-40(30)54-46-41(50)32-13-17-35(18-14-32)48-23-21-47(22-24-48)28-33-27-42(2,3)20-19-37(33)31-11-15-34(44)16-12-31/h6-18,25-26,45H,19-24,27-29H2,1-5H3,(H,46,50). The number of piperazine rings is 1. The van der Waals surface area contributed by atoms with Crippen LogP contribution in [0.15, 0.2) is 106 Å². The van der Waals surface area contributed by atoms with Crippen LogP contribution in [0, 0.1) is 22.5 Å². The summed E-state index contributed by atoms with van der Waals surface area (Å²) in [5, 5.41) is 16.3. The minimum Gasteiger partial charge on any atom is -0.374 e. The number of nitrogens with one attached hydrogen (secondary N) is 2. The van der Waals surface area contributed by atoms with Crippen LogP contribution in [-0.2, 0) is 0 Å². The molecule has 0 unspecified atom stereocenters. The van der Waals surface area contributed by atoms with Crippen LogP contribution in [0.25, 0.3) is 5.57 Å². The van der Waals surface area contributed by atoms with Gasteiger partial charge in [-0.2, -0.15) is 0 Å². The van der Waals surface area contributed by atoms with E-state index in [1.54, 1.807) is 23.4 Å². The molecule has 0 bridgehead atoms. The van der Waals surface area contributed by atoms with E-state index in [1.165, 1.54) is 23.6 Å². The van der Waals surface area contributed by atoms with Gasteiger partial charge >= 0.3 is 0 Å². The van der Waals surface area contributed by atoms with Crippen LogP contribution < -0.4 is 14.9 Å². The Bertz CT molecular complexity index is 1980. The highest BCUT2D eigenvalue weighted by Crippen LogP contribution is 2.43. The van der Waals surface area contributed by atoms with Crippen molar-refractivity contribution in [1.29, 1.82) is 0 Å².